The Balaban J connectivity index is 2.10. The summed E-state index contributed by atoms with van der Waals surface area (Å²) in [5.41, 5.74) is 0. The zero-order valence-corrected chi connectivity index (χ0v) is 10.6. The van der Waals surface area contributed by atoms with E-state index in [4.69, 9.17) is 4.74 Å². The van der Waals surface area contributed by atoms with Crippen molar-refractivity contribution in [2.75, 3.05) is 33.3 Å². The third-order valence-corrected chi connectivity index (χ3v) is 3.07. The number of ether oxygens (including phenoxy) is 1. The first-order chi connectivity index (χ1) is 7.09. The van der Waals surface area contributed by atoms with Gasteiger partial charge in [-0.3, -0.25) is 0 Å². The Morgan fingerprint density at radius 3 is 2.80 bits per heavy atom. The monoisotopic (exact) mass is 214 g/mol. The normalized spacial score (nSPS) is 28.6. The average Bonchev–Trinajstić information content (AvgIpc) is 2.14. The highest BCUT2D eigenvalue weighted by Gasteiger charge is 2.23. The molecule has 0 aromatic rings. The first-order valence-corrected chi connectivity index (χ1v) is 6.13. The van der Waals surface area contributed by atoms with Crippen LogP contribution in [0.2, 0.25) is 0 Å². The van der Waals surface area contributed by atoms with E-state index in [2.05, 4.69) is 38.0 Å². The number of hydrogen-bond donors (Lipinski definition) is 1. The third-order valence-electron chi connectivity index (χ3n) is 3.07. The smallest absolute Gasteiger partial charge is 0.0594 e. The van der Waals surface area contributed by atoms with Crippen molar-refractivity contribution in [1.82, 2.24) is 10.2 Å². The van der Waals surface area contributed by atoms with E-state index in [0.717, 1.165) is 19.1 Å². The van der Waals surface area contributed by atoms with Gasteiger partial charge in [0.05, 0.1) is 12.7 Å². The van der Waals surface area contributed by atoms with Crippen LogP contribution in [-0.2, 0) is 4.74 Å². The van der Waals surface area contributed by atoms with Gasteiger partial charge in [0, 0.05) is 19.1 Å². The van der Waals surface area contributed by atoms with E-state index in [9.17, 15) is 0 Å². The van der Waals surface area contributed by atoms with E-state index in [1.54, 1.807) is 0 Å². The van der Waals surface area contributed by atoms with Gasteiger partial charge in [0.2, 0.25) is 0 Å². The SMILES string of the molecule is CC(C)OCCNC1CCN(C)CC1C. The molecule has 0 spiro atoms. The lowest BCUT2D eigenvalue weighted by Gasteiger charge is -2.35. The summed E-state index contributed by atoms with van der Waals surface area (Å²) in [6.07, 6.45) is 1.61. The second-order valence-electron chi connectivity index (χ2n) is 5.01. The van der Waals surface area contributed by atoms with Gasteiger partial charge in [0.1, 0.15) is 0 Å². The van der Waals surface area contributed by atoms with E-state index in [-0.39, 0.29) is 0 Å². The number of nitrogens with one attached hydrogen (secondary N) is 1. The zero-order valence-electron chi connectivity index (χ0n) is 10.6. The quantitative estimate of drug-likeness (QED) is 0.699. The molecular weight excluding hydrogens is 188 g/mol. The summed E-state index contributed by atoms with van der Waals surface area (Å²) in [4.78, 5) is 2.41. The van der Waals surface area contributed by atoms with E-state index in [1.807, 2.05) is 0 Å². The first-order valence-electron chi connectivity index (χ1n) is 6.13. The molecule has 1 rings (SSSR count). The third kappa shape index (κ3) is 4.96. The van der Waals surface area contributed by atoms with Crippen molar-refractivity contribution in [3.05, 3.63) is 0 Å². The van der Waals surface area contributed by atoms with Gasteiger partial charge in [-0.15, -0.1) is 0 Å². The molecule has 0 radical (unpaired) electrons. The molecule has 1 aliphatic rings. The Morgan fingerprint density at radius 1 is 1.47 bits per heavy atom. The molecule has 1 saturated heterocycles. The van der Waals surface area contributed by atoms with Crippen LogP contribution >= 0.6 is 0 Å². The molecule has 3 heteroatoms. The van der Waals surface area contributed by atoms with Crippen LogP contribution in [-0.4, -0.2) is 50.3 Å². The molecule has 1 fully saturated rings. The number of nitrogens with zero attached hydrogens (tertiary/aromatic N) is 1. The first kappa shape index (κ1) is 12.9. The second-order valence-corrected chi connectivity index (χ2v) is 5.01. The minimum absolute atomic E-state index is 0.349. The van der Waals surface area contributed by atoms with Gasteiger partial charge in [-0.05, 0) is 39.8 Å². The highest BCUT2D eigenvalue weighted by molar-refractivity contribution is 4.81. The fraction of sp³-hybridized carbons (Fsp3) is 1.00. The molecule has 0 bridgehead atoms. The maximum atomic E-state index is 5.52. The molecule has 2 atom stereocenters. The molecule has 0 saturated carbocycles. The molecule has 1 aliphatic heterocycles. The van der Waals surface area contributed by atoms with Gasteiger partial charge in [0.15, 0.2) is 0 Å². The zero-order chi connectivity index (χ0) is 11.3. The molecule has 0 aromatic carbocycles. The van der Waals surface area contributed by atoms with E-state index >= 15 is 0 Å². The highest BCUT2D eigenvalue weighted by atomic mass is 16.5. The molecule has 2 unspecified atom stereocenters. The number of rotatable bonds is 5. The average molecular weight is 214 g/mol. The minimum atomic E-state index is 0.349. The van der Waals surface area contributed by atoms with Crippen molar-refractivity contribution in [2.24, 2.45) is 5.92 Å². The summed E-state index contributed by atoms with van der Waals surface area (Å²) in [5.74, 6) is 0.753. The van der Waals surface area contributed by atoms with Crippen LogP contribution in [0.15, 0.2) is 0 Å². The van der Waals surface area contributed by atoms with Crippen LogP contribution in [0, 0.1) is 5.92 Å². The van der Waals surface area contributed by atoms with Crippen molar-refractivity contribution in [1.29, 1.82) is 0 Å². The summed E-state index contributed by atoms with van der Waals surface area (Å²) in [7, 11) is 2.20. The Labute approximate surface area is 94.2 Å². The van der Waals surface area contributed by atoms with Gasteiger partial charge in [0.25, 0.3) is 0 Å². The van der Waals surface area contributed by atoms with Crippen molar-refractivity contribution in [3.8, 4) is 0 Å². The molecule has 0 aliphatic carbocycles. The summed E-state index contributed by atoms with van der Waals surface area (Å²) in [5, 5.41) is 3.60. The Morgan fingerprint density at radius 2 is 2.20 bits per heavy atom. The standard InChI is InChI=1S/C12H26N2O/c1-10(2)15-8-6-13-12-5-7-14(4)9-11(12)3/h10-13H,5-9H2,1-4H3. The molecule has 90 valence electrons. The van der Waals surface area contributed by atoms with Gasteiger partial charge in [-0.25, -0.2) is 0 Å². The van der Waals surface area contributed by atoms with Crippen molar-refractivity contribution in [3.63, 3.8) is 0 Å². The molecular formula is C12H26N2O. The molecule has 15 heavy (non-hydrogen) atoms. The molecule has 0 aromatic heterocycles. The maximum Gasteiger partial charge on any atom is 0.0594 e. The Bertz CT molecular complexity index is 173. The van der Waals surface area contributed by atoms with Crippen molar-refractivity contribution >= 4 is 0 Å². The van der Waals surface area contributed by atoms with Crippen LogP contribution in [0.1, 0.15) is 27.2 Å². The lowest BCUT2D eigenvalue weighted by Crippen LogP contribution is -2.47. The number of piperidine rings is 1. The number of hydrogen-bond acceptors (Lipinski definition) is 3. The van der Waals surface area contributed by atoms with Gasteiger partial charge >= 0.3 is 0 Å². The summed E-state index contributed by atoms with van der Waals surface area (Å²) in [6.45, 7) is 10.7. The Hall–Kier alpha value is -0.120. The Kier molecular flexibility index (Phi) is 5.58. The van der Waals surface area contributed by atoms with Gasteiger partial charge in [-0.2, -0.15) is 0 Å². The molecule has 0 amide bonds. The fourth-order valence-corrected chi connectivity index (χ4v) is 2.20. The topological polar surface area (TPSA) is 24.5 Å². The van der Waals surface area contributed by atoms with Crippen LogP contribution < -0.4 is 5.32 Å². The van der Waals surface area contributed by atoms with E-state index in [0.29, 0.717) is 12.1 Å². The van der Waals surface area contributed by atoms with Crippen LogP contribution in [0.3, 0.4) is 0 Å². The van der Waals surface area contributed by atoms with Crippen molar-refractivity contribution in [2.45, 2.75) is 39.3 Å². The lowest BCUT2D eigenvalue weighted by molar-refractivity contribution is 0.0748. The van der Waals surface area contributed by atoms with E-state index in [1.165, 1.54) is 19.5 Å². The second kappa shape index (κ2) is 6.46. The highest BCUT2D eigenvalue weighted by Crippen LogP contribution is 2.14. The fourth-order valence-electron chi connectivity index (χ4n) is 2.20. The van der Waals surface area contributed by atoms with Crippen LogP contribution in [0.25, 0.3) is 0 Å². The number of likely N-dealkylation sites (tertiary alicyclic amines) is 1. The van der Waals surface area contributed by atoms with Crippen molar-refractivity contribution < 1.29 is 4.74 Å². The summed E-state index contributed by atoms with van der Waals surface area (Å²) in [6, 6.07) is 0.678. The predicted molar refractivity (Wildman–Crippen MR) is 64.2 cm³/mol. The largest absolute Gasteiger partial charge is 0.377 e. The van der Waals surface area contributed by atoms with E-state index < -0.39 is 0 Å². The summed E-state index contributed by atoms with van der Waals surface area (Å²) >= 11 is 0. The summed E-state index contributed by atoms with van der Waals surface area (Å²) < 4.78 is 5.52. The van der Waals surface area contributed by atoms with Crippen LogP contribution in [0.5, 0.6) is 0 Å². The predicted octanol–water partition coefficient (Wildman–Crippen LogP) is 1.34. The maximum absolute atomic E-state index is 5.52. The van der Waals surface area contributed by atoms with Gasteiger partial charge < -0.3 is 15.0 Å². The molecule has 1 heterocycles. The molecule has 3 nitrogen and oxygen atoms in total. The van der Waals surface area contributed by atoms with Gasteiger partial charge in [-0.1, -0.05) is 6.92 Å². The minimum Gasteiger partial charge on any atom is -0.377 e. The lowest BCUT2D eigenvalue weighted by atomic mass is 9.94. The molecule has 1 N–H and O–H groups in total. The van der Waals surface area contributed by atoms with Crippen LogP contribution in [0.4, 0.5) is 0 Å².